The van der Waals surface area contributed by atoms with Gasteiger partial charge < -0.3 is 15.6 Å². The van der Waals surface area contributed by atoms with Gasteiger partial charge in [-0.15, -0.1) is 0 Å². The number of nitrogens with zero attached hydrogens (tertiary/aromatic N) is 1. The molecule has 1 heterocycles. The van der Waals surface area contributed by atoms with Crippen molar-refractivity contribution in [2.75, 3.05) is 11.1 Å². The topological polar surface area (TPSA) is 77.1 Å². The van der Waals surface area contributed by atoms with Crippen molar-refractivity contribution in [2.24, 2.45) is 0 Å². The van der Waals surface area contributed by atoms with Gasteiger partial charge in [0.05, 0.1) is 11.4 Å². The Labute approximate surface area is 121 Å². The molecule has 5 nitrogen and oxygen atoms in total. The standard InChI is InChI=1S/C15H16FN3O2/c16-11-3-4-14(13(17)10-11)18-15(21)2-1-7-19-8-5-12(20)6-9-19/h3-6,8-10H,1-2,7,17H2,(H,18,21). The van der Waals surface area contributed by atoms with Gasteiger partial charge in [-0.25, -0.2) is 4.39 Å². The fourth-order valence-electron chi connectivity index (χ4n) is 1.88. The molecule has 1 aromatic heterocycles. The van der Waals surface area contributed by atoms with E-state index in [1.54, 1.807) is 12.4 Å². The molecule has 2 aromatic rings. The summed E-state index contributed by atoms with van der Waals surface area (Å²) in [7, 11) is 0. The number of halogens is 1. The first-order valence-corrected chi connectivity index (χ1v) is 6.55. The zero-order valence-corrected chi connectivity index (χ0v) is 11.4. The lowest BCUT2D eigenvalue weighted by atomic mass is 10.2. The summed E-state index contributed by atoms with van der Waals surface area (Å²) >= 11 is 0. The van der Waals surface area contributed by atoms with Gasteiger partial charge in [0.15, 0.2) is 5.43 Å². The van der Waals surface area contributed by atoms with Crippen LogP contribution in [0.3, 0.4) is 0 Å². The van der Waals surface area contributed by atoms with Crippen LogP contribution in [0.25, 0.3) is 0 Å². The summed E-state index contributed by atoms with van der Waals surface area (Å²) < 4.78 is 14.7. The molecule has 0 aliphatic heterocycles. The Morgan fingerprint density at radius 3 is 2.62 bits per heavy atom. The third-order valence-electron chi connectivity index (χ3n) is 2.97. The molecular formula is C15H16FN3O2. The highest BCUT2D eigenvalue weighted by Crippen LogP contribution is 2.19. The highest BCUT2D eigenvalue weighted by Gasteiger charge is 2.06. The number of nitrogens with one attached hydrogen (secondary N) is 1. The number of hydrogen-bond donors (Lipinski definition) is 2. The third-order valence-corrected chi connectivity index (χ3v) is 2.97. The smallest absolute Gasteiger partial charge is 0.224 e. The maximum absolute atomic E-state index is 12.9. The lowest BCUT2D eigenvalue weighted by Gasteiger charge is -2.09. The average Bonchev–Trinajstić information content (AvgIpc) is 2.44. The van der Waals surface area contributed by atoms with Crippen molar-refractivity contribution < 1.29 is 9.18 Å². The molecule has 6 heteroatoms. The summed E-state index contributed by atoms with van der Waals surface area (Å²) in [5, 5.41) is 2.64. The molecule has 110 valence electrons. The van der Waals surface area contributed by atoms with E-state index in [0.29, 0.717) is 25.1 Å². The van der Waals surface area contributed by atoms with Gasteiger partial charge in [-0.1, -0.05) is 0 Å². The molecule has 0 bridgehead atoms. The van der Waals surface area contributed by atoms with Gasteiger partial charge in [-0.2, -0.15) is 0 Å². The van der Waals surface area contributed by atoms with Crippen LogP contribution in [-0.4, -0.2) is 10.5 Å². The number of carbonyl (C=O) groups excluding carboxylic acids is 1. The van der Waals surface area contributed by atoms with Gasteiger partial charge in [-0.3, -0.25) is 9.59 Å². The van der Waals surface area contributed by atoms with Crippen LogP contribution >= 0.6 is 0 Å². The lowest BCUT2D eigenvalue weighted by Crippen LogP contribution is -2.14. The average molecular weight is 289 g/mol. The molecule has 1 amide bonds. The van der Waals surface area contributed by atoms with E-state index >= 15 is 0 Å². The molecule has 0 saturated carbocycles. The maximum atomic E-state index is 12.9. The minimum atomic E-state index is -0.441. The first-order chi connectivity index (χ1) is 10.0. The van der Waals surface area contributed by atoms with E-state index in [1.165, 1.54) is 24.3 Å². The molecular weight excluding hydrogens is 273 g/mol. The molecule has 0 atom stereocenters. The number of pyridine rings is 1. The lowest BCUT2D eigenvalue weighted by molar-refractivity contribution is -0.116. The predicted molar refractivity (Wildman–Crippen MR) is 79.4 cm³/mol. The Morgan fingerprint density at radius 1 is 1.24 bits per heavy atom. The van der Waals surface area contributed by atoms with Crippen molar-refractivity contribution in [3.63, 3.8) is 0 Å². The van der Waals surface area contributed by atoms with Crippen LogP contribution < -0.4 is 16.5 Å². The fourth-order valence-corrected chi connectivity index (χ4v) is 1.88. The highest BCUT2D eigenvalue weighted by molar-refractivity contribution is 5.93. The summed E-state index contributed by atoms with van der Waals surface area (Å²) in [6.07, 6.45) is 4.29. The Hall–Kier alpha value is -2.63. The summed E-state index contributed by atoms with van der Waals surface area (Å²) in [6, 6.07) is 6.78. The van der Waals surface area contributed by atoms with Crippen molar-refractivity contribution in [3.8, 4) is 0 Å². The van der Waals surface area contributed by atoms with Crippen LogP contribution in [0.4, 0.5) is 15.8 Å². The monoisotopic (exact) mass is 289 g/mol. The number of aryl methyl sites for hydroxylation is 1. The molecule has 0 fully saturated rings. The van der Waals surface area contributed by atoms with E-state index in [9.17, 15) is 14.0 Å². The molecule has 1 aromatic carbocycles. The molecule has 21 heavy (non-hydrogen) atoms. The summed E-state index contributed by atoms with van der Waals surface area (Å²) in [4.78, 5) is 22.7. The van der Waals surface area contributed by atoms with Crippen LogP contribution in [-0.2, 0) is 11.3 Å². The molecule has 3 N–H and O–H groups in total. The normalized spacial score (nSPS) is 10.3. The first kappa shape index (κ1) is 14.8. The number of benzene rings is 1. The van der Waals surface area contributed by atoms with E-state index in [-0.39, 0.29) is 17.0 Å². The molecule has 0 aliphatic carbocycles. The Bertz CT molecular complexity index is 677. The minimum absolute atomic E-state index is 0.0456. The Balaban J connectivity index is 1.82. The zero-order chi connectivity index (χ0) is 15.2. The van der Waals surface area contributed by atoms with Crippen molar-refractivity contribution in [1.29, 1.82) is 0 Å². The number of aromatic nitrogens is 1. The molecule has 0 saturated heterocycles. The molecule has 2 rings (SSSR count). The fraction of sp³-hybridized carbons (Fsp3) is 0.200. The van der Waals surface area contributed by atoms with Gasteiger partial charge in [-0.05, 0) is 24.6 Å². The third kappa shape index (κ3) is 4.45. The number of anilines is 2. The van der Waals surface area contributed by atoms with Gasteiger partial charge in [0.2, 0.25) is 5.91 Å². The van der Waals surface area contributed by atoms with E-state index in [0.717, 1.165) is 6.07 Å². The van der Waals surface area contributed by atoms with E-state index in [1.807, 2.05) is 4.57 Å². The second kappa shape index (κ2) is 6.69. The van der Waals surface area contributed by atoms with Crippen molar-refractivity contribution in [2.45, 2.75) is 19.4 Å². The zero-order valence-electron chi connectivity index (χ0n) is 11.4. The second-order valence-electron chi connectivity index (χ2n) is 4.65. The van der Waals surface area contributed by atoms with Gasteiger partial charge in [0.1, 0.15) is 5.82 Å². The molecule has 0 spiro atoms. The van der Waals surface area contributed by atoms with Gasteiger partial charge in [0.25, 0.3) is 0 Å². The van der Waals surface area contributed by atoms with Crippen LogP contribution in [0.15, 0.2) is 47.5 Å². The van der Waals surface area contributed by atoms with Crippen LogP contribution in [0.2, 0.25) is 0 Å². The van der Waals surface area contributed by atoms with Crippen LogP contribution in [0.1, 0.15) is 12.8 Å². The number of rotatable bonds is 5. The quantitative estimate of drug-likeness (QED) is 0.826. The minimum Gasteiger partial charge on any atom is -0.397 e. The summed E-state index contributed by atoms with van der Waals surface area (Å²) in [5.74, 6) is -0.627. The predicted octanol–water partition coefficient (Wildman–Crippen LogP) is 1.99. The van der Waals surface area contributed by atoms with Crippen molar-refractivity contribution in [3.05, 3.63) is 58.8 Å². The Morgan fingerprint density at radius 2 is 1.95 bits per heavy atom. The van der Waals surface area contributed by atoms with Crippen LogP contribution in [0, 0.1) is 5.82 Å². The number of amides is 1. The maximum Gasteiger partial charge on any atom is 0.224 e. The molecule has 0 aliphatic rings. The number of carbonyl (C=O) groups is 1. The van der Waals surface area contributed by atoms with E-state index in [2.05, 4.69) is 5.32 Å². The summed E-state index contributed by atoms with van der Waals surface area (Å²) in [6.45, 7) is 0.632. The van der Waals surface area contributed by atoms with Crippen molar-refractivity contribution >= 4 is 17.3 Å². The number of nitrogens with two attached hydrogens (primary N) is 1. The number of hydrogen-bond acceptors (Lipinski definition) is 3. The Kier molecular flexibility index (Phi) is 4.71. The van der Waals surface area contributed by atoms with E-state index < -0.39 is 5.82 Å². The van der Waals surface area contributed by atoms with Gasteiger partial charge in [0, 0.05) is 37.5 Å². The molecule has 0 unspecified atom stereocenters. The molecule has 0 radical (unpaired) electrons. The SMILES string of the molecule is Nc1cc(F)ccc1NC(=O)CCCn1ccc(=O)cc1. The van der Waals surface area contributed by atoms with Crippen LogP contribution in [0.5, 0.6) is 0 Å². The van der Waals surface area contributed by atoms with E-state index in [4.69, 9.17) is 5.73 Å². The largest absolute Gasteiger partial charge is 0.397 e. The van der Waals surface area contributed by atoms with Crippen molar-refractivity contribution in [1.82, 2.24) is 4.57 Å². The first-order valence-electron chi connectivity index (χ1n) is 6.55. The summed E-state index contributed by atoms with van der Waals surface area (Å²) in [5.41, 5.74) is 6.17. The highest BCUT2D eigenvalue weighted by atomic mass is 19.1. The number of nitrogen functional groups attached to an aromatic ring is 1. The van der Waals surface area contributed by atoms with Gasteiger partial charge >= 0.3 is 0 Å². The second-order valence-corrected chi connectivity index (χ2v) is 4.65.